The van der Waals surface area contributed by atoms with Gasteiger partial charge in [-0.05, 0) is 82.2 Å². The van der Waals surface area contributed by atoms with Crippen LogP contribution in [0.5, 0.6) is 0 Å². The first kappa shape index (κ1) is 13.5. The molecule has 0 atom stereocenters. The lowest BCUT2D eigenvalue weighted by molar-refractivity contribution is -0.146. The van der Waals surface area contributed by atoms with Gasteiger partial charge in [0.15, 0.2) is 0 Å². The van der Waals surface area contributed by atoms with Crippen molar-refractivity contribution < 1.29 is 4.79 Å². The number of amides is 1. The lowest BCUT2D eigenvalue weighted by Gasteiger charge is -2.55. The van der Waals surface area contributed by atoms with E-state index in [0.29, 0.717) is 5.92 Å². The molecule has 0 aromatic heterocycles. The number of piperidine rings is 3. The zero-order chi connectivity index (χ0) is 14.7. The van der Waals surface area contributed by atoms with Gasteiger partial charge in [0.1, 0.15) is 0 Å². The molecule has 3 aliphatic heterocycles. The summed E-state index contributed by atoms with van der Waals surface area (Å²) in [6.07, 6.45) is 10.0. The van der Waals surface area contributed by atoms with Crippen LogP contribution in [0.2, 0.25) is 0 Å². The number of hydrogen-bond donors (Lipinski definition) is 1. The van der Waals surface area contributed by atoms with Crippen molar-refractivity contribution in [2.75, 3.05) is 19.6 Å². The summed E-state index contributed by atoms with van der Waals surface area (Å²) in [6, 6.07) is 0. The van der Waals surface area contributed by atoms with Crippen LogP contribution in [0.1, 0.15) is 51.4 Å². The number of rotatable bonds is 2. The average molecular weight is 301 g/mol. The molecule has 22 heavy (non-hydrogen) atoms. The molecule has 1 N–H and O–H groups in total. The monoisotopic (exact) mass is 301 g/mol. The van der Waals surface area contributed by atoms with E-state index in [0.717, 1.165) is 43.6 Å². The van der Waals surface area contributed by atoms with Crippen molar-refractivity contribution in [1.82, 2.24) is 10.3 Å². The summed E-state index contributed by atoms with van der Waals surface area (Å²) < 4.78 is 0. The molecule has 0 spiro atoms. The van der Waals surface area contributed by atoms with E-state index in [9.17, 15) is 4.79 Å². The zero-order valence-electron chi connectivity index (χ0n) is 13.4. The SMILES string of the molecule is O=C(NN=C1CN2CCC1CC2)C12CC3CC(CC(C3)C1)C2. The molecule has 6 bridgehead atoms. The molecule has 7 rings (SSSR count). The Morgan fingerprint density at radius 1 is 1.05 bits per heavy atom. The first-order chi connectivity index (χ1) is 10.7. The molecule has 1 amide bonds. The van der Waals surface area contributed by atoms with Gasteiger partial charge in [-0.3, -0.25) is 9.69 Å². The molecule has 4 heteroatoms. The topological polar surface area (TPSA) is 44.7 Å². The van der Waals surface area contributed by atoms with E-state index in [-0.39, 0.29) is 11.3 Å². The highest BCUT2D eigenvalue weighted by Gasteiger charge is 2.54. The predicted molar refractivity (Wildman–Crippen MR) is 85.3 cm³/mol. The third-order valence-electron chi connectivity index (χ3n) is 7.27. The molecule has 3 saturated heterocycles. The smallest absolute Gasteiger partial charge is 0.246 e. The Kier molecular flexibility index (Phi) is 2.95. The van der Waals surface area contributed by atoms with E-state index in [1.165, 1.54) is 50.9 Å². The Bertz CT molecular complexity index is 483. The van der Waals surface area contributed by atoms with Gasteiger partial charge in [0.2, 0.25) is 5.91 Å². The molecule has 7 fully saturated rings. The summed E-state index contributed by atoms with van der Waals surface area (Å²) in [5.41, 5.74) is 4.19. The molecular weight excluding hydrogens is 274 g/mol. The highest BCUT2D eigenvalue weighted by Crippen LogP contribution is 2.60. The van der Waals surface area contributed by atoms with Crippen LogP contribution in [-0.2, 0) is 4.79 Å². The summed E-state index contributed by atoms with van der Waals surface area (Å²) >= 11 is 0. The second kappa shape index (κ2) is 4.80. The van der Waals surface area contributed by atoms with Crippen molar-refractivity contribution in [3.63, 3.8) is 0 Å². The van der Waals surface area contributed by atoms with Crippen LogP contribution in [0, 0.1) is 29.1 Å². The molecule has 0 unspecified atom stereocenters. The van der Waals surface area contributed by atoms with E-state index in [2.05, 4.69) is 15.4 Å². The Morgan fingerprint density at radius 2 is 1.64 bits per heavy atom. The van der Waals surface area contributed by atoms with Crippen LogP contribution in [0.4, 0.5) is 0 Å². The fraction of sp³-hybridized carbons (Fsp3) is 0.889. The third kappa shape index (κ3) is 2.06. The number of carbonyl (C=O) groups excluding carboxylic acids is 1. The van der Waals surface area contributed by atoms with Gasteiger partial charge in [0, 0.05) is 12.5 Å². The van der Waals surface area contributed by atoms with Crippen molar-refractivity contribution in [3.05, 3.63) is 0 Å². The molecule has 0 aromatic carbocycles. The Labute approximate surface area is 132 Å². The highest BCUT2D eigenvalue weighted by atomic mass is 16.2. The van der Waals surface area contributed by atoms with Crippen LogP contribution < -0.4 is 5.43 Å². The van der Waals surface area contributed by atoms with E-state index in [1.807, 2.05) is 0 Å². The minimum absolute atomic E-state index is 0.0627. The second-order valence-corrected chi connectivity index (χ2v) is 8.79. The van der Waals surface area contributed by atoms with Crippen molar-refractivity contribution in [1.29, 1.82) is 0 Å². The van der Waals surface area contributed by atoms with E-state index >= 15 is 0 Å². The van der Waals surface area contributed by atoms with E-state index in [4.69, 9.17) is 0 Å². The number of nitrogens with zero attached hydrogens (tertiary/aromatic N) is 2. The maximum Gasteiger partial charge on any atom is 0.246 e. The molecule has 4 aliphatic carbocycles. The standard InChI is InChI=1S/C18H27N3O/c22-17(20-19-16-11-21-3-1-15(16)2-4-21)18-8-12-5-13(9-18)7-14(6-12)10-18/h12-15H,1-11H2,(H,20,22). The van der Waals surface area contributed by atoms with E-state index < -0.39 is 0 Å². The molecule has 120 valence electrons. The molecule has 4 saturated carbocycles. The summed E-state index contributed by atoms with van der Waals surface area (Å²) in [6.45, 7) is 3.41. The second-order valence-electron chi connectivity index (χ2n) is 8.79. The van der Waals surface area contributed by atoms with Crippen LogP contribution in [-0.4, -0.2) is 36.2 Å². The van der Waals surface area contributed by atoms with Crippen LogP contribution in [0.15, 0.2) is 5.10 Å². The normalized spacial score (nSPS) is 50.5. The highest BCUT2D eigenvalue weighted by molar-refractivity contribution is 5.92. The summed E-state index contributed by atoms with van der Waals surface area (Å²) in [5.74, 6) is 3.33. The van der Waals surface area contributed by atoms with Gasteiger partial charge >= 0.3 is 0 Å². The molecule has 0 aromatic rings. The lowest BCUT2D eigenvalue weighted by atomic mass is 9.49. The number of nitrogens with one attached hydrogen (secondary N) is 1. The summed E-state index contributed by atoms with van der Waals surface area (Å²) in [5, 5.41) is 4.60. The van der Waals surface area contributed by atoms with Gasteiger partial charge in [-0.15, -0.1) is 0 Å². The van der Waals surface area contributed by atoms with Crippen LogP contribution >= 0.6 is 0 Å². The van der Waals surface area contributed by atoms with Gasteiger partial charge in [-0.25, -0.2) is 5.43 Å². The van der Waals surface area contributed by atoms with Crippen molar-refractivity contribution in [3.8, 4) is 0 Å². The quantitative estimate of drug-likeness (QED) is 0.796. The van der Waals surface area contributed by atoms with Crippen molar-refractivity contribution in [2.45, 2.75) is 51.4 Å². The Balaban J connectivity index is 1.31. The zero-order valence-corrected chi connectivity index (χ0v) is 13.4. The third-order valence-corrected chi connectivity index (χ3v) is 7.27. The van der Waals surface area contributed by atoms with Gasteiger partial charge in [-0.2, -0.15) is 5.10 Å². The molecule has 0 radical (unpaired) electrons. The Hall–Kier alpha value is -0.900. The van der Waals surface area contributed by atoms with Crippen molar-refractivity contribution >= 4 is 11.6 Å². The minimum Gasteiger partial charge on any atom is -0.298 e. The van der Waals surface area contributed by atoms with Crippen molar-refractivity contribution in [2.24, 2.45) is 34.2 Å². The maximum absolute atomic E-state index is 12.9. The van der Waals surface area contributed by atoms with Crippen LogP contribution in [0.25, 0.3) is 0 Å². The van der Waals surface area contributed by atoms with E-state index in [1.54, 1.807) is 0 Å². The average Bonchev–Trinajstić information content (AvgIpc) is 2.52. The van der Waals surface area contributed by atoms with Crippen LogP contribution in [0.3, 0.4) is 0 Å². The predicted octanol–water partition coefficient (Wildman–Crippen LogP) is 2.40. The minimum atomic E-state index is -0.0627. The van der Waals surface area contributed by atoms with Gasteiger partial charge in [-0.1, -0.05) is 0 Å². The maximum atomic E-state index is 12.9. The largest absolute Gasteiger partial charge is 0.298 e. The first-order valence-corrected chi connectivity index (χ1v) is 9.29. The molecule has 3 heterocycles. The first-order valence-electron chi connectivity index (χ1n) is 9.29. The summed E-state index contributed by atoms with van der Waals surface area (Å²) in [7, 11) is 0. The summed E-state index contributed by atoms with van der Waals surface area (Å²) in [4.78, 5) is 15.4. The number of hydrogen-bond acceptors (Lipinski definition) is 3. The molecule has 4 nitrogen and oxygen atoms in total. The van der Waals surface area contributed by atoms with Gasteiger partial charge in [0.05, 0.1) is 11.1 Å². The number of hydrazone groups is 1. The molecular formula is C18H27N3O. The molecule has 7 aliphatic rings. The number of carbonyl (C=O) groups is 1. The lowest BCUT2D eigenvalue weighted by Crippen LogP contribution is -2.53. The van der Waals surface area contributed by atoms with Gasteiger partial charge in [0.25, 0.3) is 0 Å². The van der Waals surface area contributed by atoms with Gasteiger partial charge < -0.3 is 0 Å². The fourth-order valence-electron chi connectivity index (χ4n) is 6.54. The Morgan fingerprint density at radius 3 is 2.14 bits per heavy atom. The fourth-order valence-corrected chi connectivity index (χ4v) is 6.54. The number of fused-ring (bicyclic) bond motifs is 3.